The molecule has 3 aliphatic rings. The van der Waals surface area contributed by atoms with Gasteiger partial charge in [0.15, 0.2) is 0 Å². The van der Waals surface area contributed by atoms with Gasteiger partial charge in [-0.25, -0.2) is 0 Å². The lowest BCUT2D eigenvalue weighted by atomic mass is 9.69. The van der Waals surface area contributed by atoms with E-state index in [0.717, 1.165) is 54.5 Å². The minimum Gasteiger partial charge on any atom is -0.374 e. The van der Waals surface area contributed by atoms with Gasteiger partial charge in [0.2, 0.25) is 0 Å². The monoisotopic (exact) mass is 354 g/mol. The van der Waals surface area contributed by atoms with E-state index < -0.39 is 0 Å². The molecule has 6 unspecified atom stereocenters. The van der Waals surface area contributed by atoms with Crippen LogP contribution in [-0.4, -0.2) is 6.10 Å². The normalized spacial score (nSPS) is 39.3. The first kappa shape index (κ1) is 18.5. The molecular weight excluding hydrogens is 316 g/mol. The fraction of sp³-hybridized carbons (Fsp3) is 0.760. The van der Waals surface area contributed by atoms with Crippen LogP contribution in [0.1, 0.15) is 83.3 Å². The molecule has 1 heteroatoms. The van der Waals surface area contributed by atoms with Gasteiger partial charge in [-0.1, -0.05) is 57.9 Å². The second-order valence-electron chi connectivity index (χ2n) is 9.50. The van der Waals surface area contributed by atoms with Crippen molar-refractivity contribution < 1.29 is 4.74 Å². The third-order valence-electron chi connectivity index (χ3n) is 8.39. The largest absolute Gasteiger partial charge is 0.374 e. The summed E-state index contributed by atoms with van der Waals surface area (Å²) in [4.78, 5) is 0. The van der Waals surface area contributed by atoms with E-state index in [1.165, 1.54) is 37.7 Å². The number of rotatable bonds is 7. The zero-order valence-electron chi connectivity index (χ0n) is 17.3. The number of fused-ring (bicyclic) bond motifs is 5. The molecule has 26 heavy (non-hydrogen) atoms. The van der Waals surface area contributed by atoms with E-state index in [4.69, 9.17) is 4.74 Å². The number of hydrogen-bond donors (Lipinski definition) is 0. The zero-order valence-corrected chi connectivity index (χ0v) is 17.3. The molecule has 144 valence electrons. The molecule has 0 spiro atoms. The lowest BCUT2D eigenvalue weighted by Crippen LogP contribution is -2.29. The fourth-order valence-electron chi connectivity index (χ4n) is 6.99. The molecule has 0 aromatic heterocycles. The highest BCUT2D eigenvalue weighted by molar-refractivity contribution is 5.29. The summed E-state index contributed by atoms with van der Waals surface area (Å²) in [5, 5.41) is 0. The molecule has 1 nitrogen and oxygen atoms in total. The maximum absolute atomic E-state index is 5.90. The Kier molecular flexibility index (Phi) is 5.46. The molecule has 3 fully saturated rings. The van der Waals surface area contributed by atoms with Gasteiger partial charge >= 0.3 is 0 Å². The van der Waals surface area contributed by atoms with Crippen LogP contribution in [0.2, 0.25) is 0 Å². The molecular formula is C25H38O. The number of ether oxygens (including phenoxy) is 1. The van der Waals surface area contributed by atoms with E-state index in [1.54, 1.807) is 5.56 Å². The Morgan fingerprint density at radius 1 is 0.923 bits per heavy atom. The van der Waals surface area contributed by atoms with Gasteiger partial charge in [0.1, 0.15) is 0 Å². The quantitative estimate of drug-likeness (QED) is 0.522. The number of hydrogen-bond acceptors (Lipinski definition) is 1. The van der Waals surface area contributed by atoms with E-state index in [1.807, 2.05) is 0 Å². The van der Waals surface area contributed by atoms with Crippen LogP contribution in [-0.2, 0) is 11.3 Å². The van der Waals surface area contributed by atoms with Crippen molar-refractivity contribution in [2.24, 2.45) is 35.5 Å². The molecule has 1 aromatic carbocycles. The van der Waals surface area contributed by atoms with Gasteiger partial charge in [-0.15, -0.1) is 0 Å². The summed E-state index contributed by atoms with van der Waals surface area (Å²) in [7, 11) is 0. The third-order valence-corrected chi connectivity index (χ3v) is 8.39. The van der Waals surface area contributed by atoms with E-state index in [-0.39, 0.29) is 0 Å². The molecule has 0 N–H and O–H groups in total. The molecule has 1 aromatic rings. The van der Waals surface area contributed by atoms with Crippen molar-refractivity contribution in [1.29, 1.82) is 0 Å². The summed E-state index contributed by atoms with van der Waals surface area (Å²) >= 11 is 0. The van der Waals surface area contributed by atoms with Crippen LogP contribution in [0.3, 0.4) is 0 Å². The van der Waals surface area contributed by atoms with Gasteiger partial charge in [-0.3, -0.25) is 0 Å². The molecule has 0 aliphatic heterocycles. The predicted molar refractivity (Wildman–Crippen MR) is 109 cm³/mol. The summed E-state index contributed by atoms with van der Waals surface area (Å²) in [6, 6.07) is 9.48. The smallest absolute Gasteiger partial charge is 0.0720 e. The second kappa shape index (κ2) is 7.66. The Labute approximate surface area is 160 Å². The van der Waals surface area contributed by atoms with E-state index in [0.29, 0.717) is 6.10 Å². The second-order valence-corrected chi connectivity index (χ2v) is 9.50. The molecule has 8 atom stereocenters. The van der Waals surface area contributed by atoms with Crippen LogP contribution in [0.4, 0.5) is 0 Å². The maximum Gasteiger partial charge on any atom is 0.0720 e. The van der Waals surface area contributed by atoms with Crippen molar-refractivity contribution in [3.8, 4) is 0 Å². The van der Waals surface area contributed by atoms with Crippen LogP contribution in [0, 0.1) is 35.5 Å². The van der Waals surface area contributed by atoms with Gasteiger partial charge in [0, 0.05) is 0 Å². The highest BCUT2D eigenvalue weighted by atomic mass is 16.5. The first-order valence-corrected chi connectivity index (χ1v) is 11.4. The summed E-state index contributed by atoms with van der Waals surface area (Å²) in [5.41, 5.74) is 2.94. The predicted octanol–water partition coefficient (Wildman–Crippen LogP) is 6.81. The van der Waals surface area contributed by atoms with E-state index in [9.17, 15) is 0 Å². The van der Waals surface area contributed by atoms with Crippen LogP contribution in [0.25, 0.3) is 0 Å². The summed E-state index contributed by atoms with van der Waals surface area (Å²) in [6.45, 7) is 9.98. The molecule has 0 heterocycles. The Hall–Kier alpha value is -0.820. The zero-order chi connectivity index (χ0) is 18.3. The van der Waals surface area contributed by atoms with Crippen molar-refractivity contribution in [3.05, 3.63) is 35.4 Å². The topological polar surface area (TPSA) is 9.23 Å². The molecule has 0 saturated heterocycles. The van der Waals surface area contributed by atoms with Crippen molar-refractivity contribution in [1.82, 2.24) is 0 Å². The first-order chi connectivity index (χ1) is 12.7. The fourth-order valence-corrected chi connectivity index (χ4v) is 6.99. The highest BCUT2D eigenvalue weighted by Crippen LogP contribution is 2.67. The van der Waals surface area contributed by atoms with Gasteiger partial charge < -0.3 is 4.74 Å². The van der Waals surface area contributed by atoms with Crippen LogP contribution in [0.15, 0.2) is 24.3 Å². The standard InChI is InChI=1S/C25H38O/c1-5-16(4)26-15-17-8-10-20(11-9-17)22-13-21-14-23(22)25-19(7-3)12-18(6-2)24(21)25/h8-11,16,18-19,21-25H,5-7,12-15H2,1-4H3/t16?,18?,19?,21-,22?,23+,24?,25?/m1/s1. The van der Waals surface area contributed by atoms with Crippen molar-refractivity contribution >= 4 is 0 Å². The summed E-state index contributed by atoms with van der Waals surface area (Å²) in [6.07, 6.45) is 8.76. The van der Waals surface area contributed by atoms with E-state index >= 15 is 0 Å². The van der Waals surface area contributed by atoms with Crippen LogP contribution in [0.5, 0.6) is 0 Å². The summed E-state index contributed by atoms with van der Waals surface area (Å²) < 4.78 is 5.90. The summed E-state index contributed by atoms with van der Waals surface area (Å²) in [5.74, 6) is 6.94. The molecule has 4 rings (SSSR count). The van der Waals surface area contributed by atoms with Gasteiger partial charge in [-0.2, -0.15) is 0 Å². The molecule has 3 saturated carbocycles. The SMILES string of the molecule is CCC(C)OCc1ccc(C2C[C@@H]3C[C@@H]2C2C(CC)CC(CC)C23)cc1. The van der Waals surface area contributed by atoms with Gasteiger partial charge in [0.05, 0.1) is 12.7 Å². The number of benzene rings is 1. The minimum atomic E-state index is 0.358. The molecule has 2 bridgehead atoms. The van der Waals surface area contributed by atoms with Gasteiger partial charge in [0.25, 0.3) is 0 Å². The Morgan fingerprint density at radius 3 is 2.27 bits per heavy atom. The maximum atomic E-state index is 5.90. The van der Waals surface area contributed by atoms with Crippen molar-refractivity contribution in [2.75, 3.05) is 0 Å². The Balaban J connectivity index is 1.45. The highest BCUT2D eigenvalue weighted by Gasteiger charge is 2.59. The Morgan fingerprint density at radius 2 is 1.62 bits per heavy atom. The van der Waals surface area contributed by atoms with Crippen molar-refractivity contribution in [3.63, 3.8) is 0 Å². The molecule has 0 radical (unpaired) electrons. The van der Waals surface area contributed by atoms with Crippen molar-refractivity contribution in [2.45, 2.75) is 84.8 Å². The lowest BCUT2D eigenvalue weighted by Gasteiger charge is -2.36. The Bertz CT molecular complexity index is 591. The molecule has 3 aliphatic carbocycles. The average Bonchev–Trinajstić information content (AvgIpc) is 3.36. The van der Waals surface area contributed by atoms with Crippen LogP contribution >= 0.6 is 0 Å². The lowest BCUT2D eigenvalue weighted by molar-refractivity contribution is 0.0508. The average molecular weight is 355 g/mol. The van der Waals surface area contributed by atoms with Gasteiger partial charge in [-0.05, 0) is 85.2 Å². The van der Waals surface area contributed by atoms with E-state index in [2.05, 4.69) is 52.0 Å². The first-order valence-electron chi connectivity index (χ1n) is 11.4. The minimum absolute atomic E-state index is 0.358. The molecule has 0 amide bonds. The third kappa shape index (κ3) is 3.15. The van der Waals surface area contributed by atoms with Crippen LogP contribution < -0.4 is 0 Å².